The lowest BCUT2D eigenvalue weighted by molar-refractivity contribution is -0.121. The number of alkyl carbamates (subject to hydrolysis) is 1. The van der Waals surface area contributed by atoms with E-state index in [0.717, 1.165) is 31.2 Å². The highest BCUT2D eigenvalue weighted by molar-refractivity contribution is 5.82. The van der Waals surface area contributed by atoms with Crippen molar-refractivity contribution in [1.29, 1.82) is 0 Å². The maximum absolute atomic E-state index is 13.1. The highest BCUT2D eigenvalue weighted by Crippen LogP contribution is 2.35. The summed E-state index contributed by atoms with van der Waals surface area (Å²) in [7, 11) is 1.24. The highest BCUT2D eigenvalue weighted by atomic mass is 19.1. The third-order valence-corrected chi connectivity index (χ3v) is 4.00. The Morgan fingerprint density at radius 2 is 1.91 bits per heavy atom. The number of ether oxygens (including phenoxy) is 1. The molecule has 2 N–H and O–H groups in total. The summed E-state index contributed by atoms with van der Waals surface area (Å²) in [6.07, 6.45) is 3.70. The minimum atomic E-state index is -0.644. The van der Waals surface area contributed by atoms with E-state index in [1.54, 1.807) is 12.1 Å². The van der Waals surface area contributed by atoms with Crippen LogP contribution >= 0.6 is 0 Å². The molecule has 0 saturated heterocycles. The zero-order valence-corrected chi connectivity index (χ0v) is 12.6. The van der Waals surface area contributed by atoms with Crippen LogP contribution in [0, 0.1) is 11.7 Å². The van der Waals surface area contributed by atoms with Gasteiger partial charge in [-0.3, -0.25) is 4.79 Å². The number of amides is 2. The first-order valence-corrected chi connectivity index (χ1v) is 7.47. The molecule has 0 spiro atoms. The van der Waals surface area contributed by atoms with Gasteiger partial charge in [0.05, 0.1) is 13.2 Å². The Morgan fingerprint density at radius 1 is 1.27 bits per heavy atom. The maximum Gasteiger partial charge on any atom is 0.407 e. The zero-order valence-electron chi connectivity index (χ0n) is 12.6. The largest absolute Gasteiger partial charge is 0.453 e. The lowest BCUT2D eigenvalue weighted by Crippen LogP contribution is -2.40. The maximum atomic E-state index is 13.1. The molecule has 0 radical (unpaired) electrons. The fourth-order valence-corrected chi connectivity index (χ4v) is 2.88. The van der Waals surface area contributed by atoms with Crippen LogP contribution in [0.25, 0.3) is 0 Å². The number of benzene rings is 1. The Kier molecular flexibility index (Phi) is 5.75. The molecule has 1 saturated carbocycles. The van der Waals surface area contributed by atoms with Crippen molar-refractivity contribution in [2.45, 2.75) is 31.7 Å². The Morgan fingerprint density at radius 3 is 2.50 bits per heavy atom. The molecule has 5 nitrogen and oxygen atoms in total. The summed E-state index contributed by atoms with van der Waals surface area (Å²) in [6.45, 7) is -0.142. The van der Waals surface area contributed by atoms with Crippen molar-refractivity contribution < 1.29 is 18.7 Å². The van der Waals surface area contributed by atoms with E-state index in [0.29, 0.717) is 5.92 Å². The highest BCUT2D eigenvalue weighted by Gasteiger charge is 2.27. The first-order valence-electron chi connectivity index (χ1n) is 7.47. The van der Waals surface area contributed by atoms with Crippen LogP contribution in [0.2, 0.25) is 0 Å². The molecular formula is C16H21FN2O3. The van der Waals surface area contributed by atoms with Gasteiger partial charge in [0.1, 0.15) is 12.4 Å². The van der Waals surface area contributed by atoms with Crippen LogP contribution in [0.5, 0.6) is 0 Å². The summed E-state index contributed by atoms with van der Waals surface area (Å²) in [5.74, 6) is -0.244. The van der Waals surface area contributed by atoms with Gasteiger partial charge in [-0.1, -0.05) is 25.0 Å². The number of hydrogen-bond acceptors (Lipinski definition) is 3. The summed E-state index contributed by atoms with van der Waals surface area (Å²) >= 11 is 0. The molecule has 1 atom stereocenters. The van der Waals surface area contributed by atoms with Crippen molar-refractivity contribution in [3.05, 3.63) is 35.6 Å². The van der Waals surface area contributed by atoms with E-state index in [1.165, 1.54) is 19.2 Å². The lowest BCUT2D eigenvalue weighted by atomic mass is 9.91. The molecule has 2 rings (SSSR count). The second kappa shape index (κ2) is 7.77. The van der Waals surface area contributed by atoms with Crippen molar-refractivity contribution in [3.63, 3.8) is 0 Å². The van der Waals surface area contributed by atoms with Gasteiger partial charge >= 0.3 is 6.09 Å². The van der Waals surface area contributed by atoms with Crippen LogP contribution in [0.1, 0.15) is 37.3 Å². The number of rotatable bonds is 5. The first kappa shape index (κ1) is 16.3. The van der Waals surface area contributed by atoms with Crippen LogP contribution in [-0.4, -0.2) is 25.7 Å². The van der Waals surface area contributed by atoms with Gasteiger partial charge in [0, 0.05) is 0 Å². The van der Waals surface area contributed by atoms with E-state index >= 15 is 0 Å². The molecule has 1 aromatic carbocycles. The summed E-state index contributed by atoms with van der Waals surface area (Å²) in [5, 5.41) is 5.30. The number of nitrogens with one attached hydrogen (secondary N) is 2. The minimum Gasteiger partial charge on any atom is -0.453 e. The molecule has 0 bridgehead atoms. The second-order valence-corrected chi connectivity index (χ2v) is 5.49. The molecular weight excluding hydrogens is 287 g/mol. The van der Waals surface area contributed by atoms with E-state index in [4.69, 9.17) is 0 Å². The van der Waals surface area contributed by atoms with Gasteiger partial charge in [-0.05, 0) is 36.5 Å². The Labute approximate surface area is 129 Å². The van der Waals surface area contributed by atoms with Crippen LogP contribution in [0.3, 0.4) is 0 Å². The lowest BCUT2D eigenvalue weighted by Gasteiger charge is -2.25. The van der Waals surface area contributed by atoms with E-state index in [2.05, 4.69) is 15.4 Å². The second-order valence-electron chi connectivity index (χ2n) is 5.49. The summed E-state index contributed by atoms with van der Waals surface area (Å²) < 4.78 is 17.5. The van der Waals surface area contributed by atoms with Gasteiger partial charge in [-0.25, -0.2) is 9.18 Å². The minimum absolute atomic E-state index is 0.142. The molecule has 1 aromatic rings. The van der Waals surface area contributed by atoms with E-state index in [1.807, 2.05) is 0 Å². The summed E-state index contributed by atoms with van der Waals surface area (Å²) in [5.41, 5.74) is 0.889. The van der Waals surface area contributed by atoms with Crippen molar-refractivity contribution in [2.24, 2.45) is 5.92 Å². The van der Waals surface area contributed by atoms with E-state index in [-0.39, 0.29) is 24.3 Å². The van der Waals surface area contributed by atoms with Crippen molar-refractivity contribution in [1.82, 2.24) is 10.6 Å². The molecule has 1 unspecified atom stereocenters. The van der Waals surface area contributed by atoms with Gasteiger partial charge < -0.3 is 15.4 Å². The SMILES string of the molecule is COC(=O)NCC(=O)NC(c1ccc(F)cc1)C1CCCC1. The van der Waals surface area contributed by atoms with Crippen LogP contribution in [0.4, 0.5) is 9.18 Å². The van der Waals surface area contributed by atoms with Crippen molar-refractivity contribution in [3.8, 4) is 0 Å². The standard InChI is InChI=1S/C16H21FN2O3/c1-22-16(21)18-10-14(20)19-15(11-4-2-3-5-11)12-6-8-13(17)9-7-12/h6-9,11,15H,2-5,10H2,1H3,(H,18,21)(H,19,20). The van der Waals surface area contributed by atoms with Gasteiger partial charge in [-0.2, -0.15) is 0 Å². The molecule has 6 heteroatoms. The van der Waals surface area contributed by atoms with Crippen molar-refractivity contribution in [2.75, 3.05) is 13.7 Å². The van der Waals surface area contributed by atoms with Gasteiger partial charge in [0.2, 0.25) is 5.91 Å². The van der Waals surface area contributed by atoms with E-state index in [9.17, 15) is 14.0 Å². The number of carbonyl (C=O) groups is 2. The summed E-state index contributed by atoms with van der Waals surface area (Å²) in [4.78, 5) is 23.0. The molecule has 0 heterocycles. The number of hydrogen-bond donors (Lipinski definition) is 2. The molecule has 120 valence electrons. The van der Waals surface area contributed by atoms with Gasteiger partial charge in [0.15, 0.2) is 0 Å². The summed E-state index contributed by atoms with van der Waals surface area (Å²) in [6, 6.07) is 6.04. The first-order chi connectivity index (χ1) is 10.6. The normalized spacial score (nSPS) is 16.1. The third-order valence-electron chi connectivity index (χ3n) is 4.00. The Balaban J connectivity index is 2.03. The number of methoxy groups -OCH3 is 1. The average molecular weight is 308 g/mol. The molecule has 0 aromatic heterocycles. The van der Waals surface area contributed by atoms with Crippen LogP contribution in [0.15, 0.2) is 24.3 Å². The van der Waals surface area contributed by atoms with Gasteiger partial charge in [-0.15, -0.1) is 0 Å². The zero-order chi connectivity index (χ0) is 15.9. The predicted molar refractivity (Wildman–Crippen MR) is 79.6 cm³/mol. The molecule has 1 aliphatic carbocycles. The molecule has 1 fully saturated rings. The smallest absolute Gasteiger partial charge is 0.407 e. The molecule has 2 amide bonds. The number of halogens is 1. The third kappa shape index (κ3) is 4.44. The molecule has 1 aliphatic rings. The van der Waals surface area contributed by atoms with E-state index < -0.39 is 6.09 Å². The fourth-order valence-electron chi connectivity index (χ4n) is 2.88. The van der Waals surface area contributed by atoms with Crippen molar-refractivity contribution >= 4 is 12.0 Å². The quantitative estimate of drug-likeness (QED) is 0.878. The predicted octanol–water partition coefficient (Wildman–Crippen LogP) is 2.53. The number of carbonyl (C=O) groups excluding carboxylic acids is 2. The topological polar surface area (TPSA) is 67.4 Å². The Hall–Kier alpha value is -2.11. The van der Waals surface area contributed by atoms with Gasteiger partial charge in [0.25, 0.3) is 0 Å². The molecule has 22 heavy (non-hydrogen) atoms. The van der Waals surface area contributed by atoms with Crippen LogP contribution in [-0.2, 0) is 9.53 Å². The monoisotopic (exact) mass is 308 g/mol. The average Bonchev–Trinajstić information content (AvgIpc) is 3.05. The van der Waals surface area contributed by atoms with Crippen LogP contribution < -0.4 is 10.6 Å². The Bertz CT molecular complexity index is 513. The molecule has 0 aliphatic heterocycles. The fraction of sp³-hybridized carbons (Fsp3) is 0.500.